The minimum absolute atomic E-state index is 0.0370. The molecule has 0 aliphatic carbocycles. The number of carbonyl (C=O) groups excluding carboxylic acids is 2. The van der Waals surface area contributed by atoms with E-state index in [0.29, 0.717) is 30.1 Å². The Balaban J connectivity index is 1.90. The van der Waals surface area contributed by atoms with Crippen LogP contribution < -0.4 is 10.6 Å². The van der Waals surface area contributed by atoms with Crippen LogP contribution in [0.5, 0.6) is 0 Å². The fourth-order valence-corrected chi connectivity index (χ4v) is 2.28. The van der Waals surface area contributed by atoms with Crippen molar-refractivity contribution in [2.45, 2.75) is 33.7 Å². The number of anilines is 1. The Hall–Kier alpha value is -2.48. The van der Waals surface area contributed by atoms with Gasteiger partial charge in [0.05, 0.1) is 6.54 Å². The first-order valence-corrected chi connectivity index (χ1v) is 8.22. The molecule has 2 N–H and O–H groups in total. The van der Waals surface area contributed by atoms with Crippen molar-refractivity contribution < 1.29 is 9.59 Å². The van der Waals surface area contributed by atoms with Crippen LogP contribution in [0.25, 0.3) is 0 Å². The second-order valence-corrected chi connectivity index (χ2v) is 7.21. The van der Waals surface area contributed by atoms with Crippen molar-refractivity contribution in [3.8, 4) is 0 Å². The molecule has 9 heteroatoms. The van der Waals surface area contributed by atoms with Crippen LogP contribution >= 0.6 is 11.6 Å². The van der Waals surface area contributed by atoms with Crippen LogP contribution in [0.3, 0.4) is 0 Å². The van der Waals surface area contributed by atoms with Gasteiger partial charge in [0.2, 0.25) is 11.9 Å². The average Bonchev–Trinajstić information content (AvgIpc) is 2.92. The summed E-state index contributed by atoms with van der Waals surface area (Å²) < 4.78 is 1.42. The number of aromatic nitrogens is 4. The van der Waals surface area contributed by atoms with E-state index in [9.17, 15) is 9.59 Å². The van der Waals surface area contributed by atoms with Gasteiger partial charge in [-0.15, -0.1) is 0 Å². The molecule has 1 aromatic heterocycles. The zero-order valence-electron chi connectivity index (χ0n) is 14.4. The fraction of sp³-hybridized carbons (Fsp3) is 0.438. The van der Waals surface area contributed by atoms with Crippen LogP contribution in [0.4, 0.5) is 5.95 Å². The van der Waals surface area contributed by atoms with E-state index in [0.717, 1.165) is 0 Å². The number of hydrogen-bond donors (Lipinski definition) is 2. The Morgan fingerprint density at radius 2 is 2.04 bits per heavy atom. The van der Waals surface area contributed by atoms with Gasteiger partial charge in [-0.25, -0.2) is 4.68 Å². The number of nitrogens with one attached hydrogen (secondary N) is 2. The number of benzene rings is 1. The highest BCUT2D eigenvalue weighted by atomic mass is 35.5. The molecule has 0 unspecified atom stereocenters. The molecule has 0 saturated carbocycles. The van der Waals surface area contributed by atoms with Gasteiger partial charge >= 0.3 is 0 Å². The van der Waals surface area contributed by atoms with Gasteiger partial charge in [-0.2, -0.15) is 0 Å². The number of hydrogen-bond acceptors (Lipinski definition) is 5. The first-order chi connectivity index (χ1) is 11.7. The summed E-state index contributed by atoms with van der Waals surface area (Å²) >= 11 is 5.88. The Morgan fingerprint density at radius 3 is 2.72 bits per heavy atom. The van der Waals surface area contributed by atoms with Gasteiger partial charge in [0.25, 0.3) is 5.91 Å². The Morgan fingerprint density at radius 1 is 1.28 bits per heavy atom. The molecule has 0 bridgehead atoms. The molecule has 0 atom stereocenters. The molecule has 0 aliphatic heterocycles. The quantitative estimate of drug-likeness (QED) is 0.817. The topological polar surface area (TPSA) is 102 Å². The highest BCUT2D eigenvalue weighted by Gasteiger charge is 2.16. The molecule has 25 heavy (non-hydrogen) atoms. The lowest BCUT2D eigenvalue weighted by Crippen LogP contribution is -2.31. The smallest absolute Gasteiger partial charge is 0.258 e. The maximum Gasteiger partial charge on any atom is 0.258 e. The molecule has 0 aliphatic rings. The summed E-state index contributed by atoms with van der Waals surface area (Å²) in [5.41, 5.74) is 0.329. The predicted octanol–water partition coefficient (Wildman–Crippen LogP) is 2.13. The van der Waals surface area contributed by atoms with Crippen molar-refractivity contribution in [1.29, 1.82) is 0 Å². The minimum atomic E-state index is -0.365. The van der Waals surface area contributed by atoms with Gasteiger partial charge in [-0.05, 0) is 34.0 Å². The molecule has 2 rings (SSSR count). The summed E-state index contributed by atoms with van der Waals surface area (Å²) in [6.07, 6.45) is 0.432. The molecule has 2 amide bonds. The van der Waals surface area contributed by atoms with Crippen LogP contribution in [-0.2, 0) is 11.3 Å². The standard InChI is InChI=1S/C16H21ClN6O2/c1-16(2,3)10-13(24)18-7-8-23-15(20-21-22-23)19-14(25)11-5-4-6-12(17)9-11/h4-6,9H,7-8,10H2,1-3H3,(H,18,24)(H,19,20,22,25). The van der Waals surface area contributed by atoms with Crippen molar-refractivity contribution in [2.24, 2.45) is 5.41 Å². The molecular weight excluding hydrogens is 344 g/mol. The van der Waals surface area contributed by atoms with Crippen molar-refractivity contribution in [3.63, 3.8) is 0 Å². The summed E-state index contributed by atoms with van der Waals surface area (Å²) in [5.74, 6) is -0.199. The van der Waals surface area contributed by atoms with Crippen molar-refractivity contribution in [1.82, 2.24) is 25.5 Å². The van der Waals surface area contributed by atoms with E-state index in [-0.39, 0.29) is 23.2 Å². The van der Waals surface area contributed by atoms with Gasteiger partial charge in [-0.1, -0.05) is 43.5 Å². The lowest BCUT2D eigenvalue weighted by molar-refractivity contribution is -0.122. The van der Waals surface area contributed by atoms with Crippen LogP contribution in [0.2, 0.25) is 5.02 Å². The normalized spacial score (nSPS) is 11.2. The third-order valence-corrected chi connectivity index (χ3v) is 3.42. The van der Waals surface area contributed by atoms with Gasteiger partial charge in [0.1, 0.15) is 0 Å². The highest BCUT2D eigenvalue weighted by Crippen LogP contribution is 2.17. The number of halogens is 1. The van der Waals surface area contributed by atoms with Crippen LogP contribution in [-0.4, -0.2) is 38.6 Å². The molecule has 0 saturated heterocycles. The summed E-state index contributed by atoms with van der Waals surface area (Å²) in [5, 5.41) is 17.1. The van der Waals surface area contributed by atoms with Gasteiger partial charge in [0, 0.05) is 23.6 Å². The lowest BCUT2D eigenvalue weighted by Gasteiger charge is -2.17. The first kappa shape index (κ1) is 18.9. The Bertz CT molecular complexity index is 753. The third-order valence-electron chi connectivity index (χ3n) is 3.18. The number of tetrazole rings is 1. The number of rotatable bonds is 6. The van der Waals surface area contributed by atoms with Crippen LogP contribution in [0.1, 0.15) is 37.6 Å². The van der Waals surface area contributed by atoms with Crippen LogP contribution in [0.15, 0.2) is 24.3 Å². The summed E-state index contributed by atoms with van der Waals surface area (Å²) in [6, 6.07) is 6.56. The average molecular weight is 365 g/mol. The maximum atomic E-state index is 12.2. The summed E-state index contributed by atoms with van der Waals surface area (Å²) in [6.45, 7) is 6.69. The van der Waals surface area contributed by atoms with Crippen molar-refractivity contribution in [3.05, 3.63) is 34.9 Å². The SMILES string of the molecule is CC(C)(C)CC(=O)NCCn1nnnc1NC(=O)c1cccc(Cl)c1. The zero-order valence-corrected chi connectivity index (χ0v) is 15.2. The summed E-state index contributed by atoms with van der Waals surface area (Å²) in [4.78, 5) is 24.0. The molecule has 0 spiro atoms. The number of carbonyl (C=O) groups is 2. The number of amides is 2. The van der Waals surface area contributed by atoms with E-state index in [1.807, 2.05) is 20.8 Å². The maximum absolute atomic E-state index is 12.2. The van der Waals surface area contributed by atoms with E-state index in [4.69, 9.17) is 11.6 Å². The first-order valence-electron chi connectivity index (χ1n) is 7.84. The number of nitrogens with zero attached hydrogens (tertiary/aromatic N) is 4. The molecule has 8 nitrogen and oxygen atoms in total. The van der Waals surface area contributed by atoms with E-state index < -0.39 is 0 Å². The zero-order chi connectivity index (χ0) is 18.4. The van der Waals surface area contributed by atoms with Gasteiger partial charge < -0.3 is 5.32 Å². The van der Waals surface area contributed by atoms with Gasteiger partial charge in [-0.3, -0.25) is 14.9 Å². The molecule has 1 heterocycles. The molecule has 134 valence electrons. The largest absolute Gasteiger partial charge is 0.354 e. The van der Waals surface area contributed by atoms with E-state index >= 15 is 0 Å². The van der Waals surface area contributed by atoms with Crippen LogP contribution in [0, 0.1) is 5.41 Å². The molecule has 0 radical (unpaired) electrons. The van der Waals surface area contributed by atoms with E-state index in [2.05, 4.69) is 26.2 Å². The second-order valence-electron chi connectivity index (χ2n) is 6.78. The van der Waals surface area contributed by atoms with E-state index in [1.165, 1.54) is 4.68 Å². The monoisotopic (exact) mass is 364 g/mol. The second kappa shape index (κ2) is 8.06. The highest BCUT2D eigenvalue weighted by molar-refractivity contribution is 6.31. The van der Waals surface area contributed by atoms with Crippen molar-refractivity contribution in [2.75, 3.05) is 11.9 Å². The molecule has 1 aromatic carbocycles. The van der Waals surface area contributed by atoms with E-state index in [1.54, 1.807) is 24.3 Å². The molecule has 0 fully saturated rings. The summed E-state index contributed by atoms with van der Waals surface area (Å²) in [7, 11) is 0. The Labute approximate surface area is 150 Å². The van der Waals surface area contributed by atoms with Crippen molar-refractivity contribution >= 4 is 29.4 Å². The molecular formula is C16H21ClN6O2. The fourth-order valence-electron chi connectivity index (χ4n) is 2.09. The third kappa shape index (κ3) is 6.15. The van der Waals surface area contributed by atoms with Gasteiger partial charge in [0.15, 0.2) is 0 Å². The Kier molecular flexibility index (Phi) is 6.08. The molecule has 2 aromatic rings. The lowest BCUT2D eigenvalue weighted by atomic mass is 9.92. The minimum Gasteiger partial charge on any atom is -0.354 e. The predicted molar refractivity (Wildman–Crippen MR) is 94.3 cm³/mol.